The molecule has 0 spiro atoms. The zero-order chi connectivity index (χ0) is 14.3. The zero-order valence-corrected chi connectivity index (χ0v) is 14.0. The largest absolute Gasteiger partial charge is 0.449 e. The molecule has 0 radical (unpaired) electrons. The van der Waals surface area contributed by atoms with Crippen molar-refractivity contribution in [2.75, 3.05) is 0 Å². The average Bonchev–Trinajstić information content (AvgIpc) is 2.17. The summed E-state index contributed by atoms with van der Waals surface area (Å²) < 4.78 is 5.03. The lowest BCUT2D eigenvalue weighted by molar-refractivity contribution is -0.164. The summed E-state index contributed by atoms with van der Waals surface area (Å²) in [5, 5.41) is 0.0339. The molecule has 1 saturated heterocycles. The summed E-state index contributed by atoms with van der Waals surface area (Å²) in [4.78, 5) is 35.7. The molecule has 2 unspecified atom stereocenters. The highest BCUT2D eigenvalue weighted by Crippen LogP contribution is 2.34. The van der Waals surface area contributed by atoms with Gasteiger partial charge >= 0.3 is 5.97 Å². The van der Waals surface area contributed by atoms with Gasteiger partial charge in [-0.1, -0.05) is 39.3 Å². The van der Waals surface area contributed by atoms with Crippen LogP contribution in [0.15, 0.2) is 0 Å². The SMILES string of the molecule is C[Si](C)(C)C(=O)C1CC([Si](C)(C)C)C(=O)C(=O)O1. The fourth-order valence-corrected chi connectivity index (χ4v) is 5.06. The van der Waals surface area contributed by atoms with E-state index in [0.29, 0.717) is 6.42 Å². The van der Waals surface area contributed by atoms with Crippen LogP contribution in [0.5, 0.6) is 0 Å². The second-order valence-corrected chi connectivity index (χ2v) is 17.4. The van der Waals surface area contributed by atoms with Gasteiger partial charge in [0.1, 0.15) is 8.07 Å². The van der Waals surface area contributed by atoms with Crippen LogP contribution in [0.25, 0.3) is 0 Å². The van der Waals surface area contributed by atoms with Crippen LogP contribution in [0.4, 0.5) is 0 Å². The van der Waals surface area contributed by atoms with Crippen LogP contribution in [0.3, 0.4) is 0 Å². The van der Waals surface area contributed by atoms with Gasteiger partial charge in [0.05, 0.1) is 8.07 Å². The van der Waals surface area contributed by atoms with Crippen molar-refractivity contribution in [3.05, 3.63) is 0 Å². The van der Waals surface area contributed by atoms with Gasteiger partial charge in [-0.05, 0) is 6.42 Å². The number of ketones is 1. The first-order chi connectivity index (χ1) is 7.94. The number of cyclic esters (lactones) is 1. The monoisotopic (exact) mass is 286 g/mol. The van der Waals surface area contributed by atoms with Crippen molar-refractivity contribution in [3.63, 3.8) is 0 Å². The van der Waals surface area contributed by atoms with E-state index in [-0.39, 0.29) is 10.9 Å². The van der Waals surface area contributed by atoms with Gasteiger partial charge in [0.25, 0.3) is 0 Å². The Morgan fingerprint density at radius 2 is 1.61 bits per heavy atom. The number of carbonyl (C=O) groups excluding carboxylic acids is 3. The highest BCUT2D eigenvalue weighted by Gasteiger charge is 2.47. The molecule has 102 valence electrons. The predicted octanol–water partition coefficient (Wildman–Crippen LogP) is 2.03. The van der Waals surface area contributed by atoms with Gasteiger partial charge in [0, 0.05) is 5.54 Å². The third-order valence-electron chi connectivity index (χ3n) is 3.29. The van der Waals surface area contributed by atoms with Crippen molar-refractivity contribution in [2.45, 2.75) is 57.3 Å². The van der Waals surface area contributed by atoms with E-state index in [1.54, 1.807) is 0 Å². The Bertz CT molecular complexity index is 390. The van der Waals surface area contributed by atoms with Crippen LogP contribution in [-0.4, -0.2) is 39.4 Å². The minimum Gasteiger partial charge on any atom is -0.449 e. The number of carbonyl (C=O) groups is 3. The van der Waals surface area contributed by atoms with E-state index < -0.39 is 34.0 Å². The number of hydrogen-bond donors (Lipinski definition) is 0. The molecule has 0 amide bonds. The molecule has 0 aromatic carbocycles. The maximum atomic E-state index is 12.2. The molecule has 1 rings (SSSR count). The van der Waals surface area contributed by atoms with Crippen molar-refractivity contribution >= 4 is 33.3 Å². The normalized spacial score (nSPS) is 25.9. The number of Topliss-reactive ketones (excluding diaryl/α,β-unsaturated/α-hetero) is 1. The van der Waals surface area contributed by atoms with E-state index in [1.807, 2.05) is 39.3 Å². The van der Waals surface area contributed by atoms with Gasteiger partial charge in [0.15, 0.2) is 11.5 Å². The van der Waals surface area contributed by atoms with Crippen molar-refractivity contribution in [1.82, 2.24) is 0 Å². The van der Waals surface area contributed by atoms with Crippen molar-refractivity contribution < 1.29 is 19.1 Å². The summed E-state index contributed by atoms with van der Waals surface area (Å²) in [5.41, 5.74) is -0.288. The molecular weight excluding hydrogens is 264 g/mol. The van der Waals surface area contributed by atoms with E-state index in [4.69, 9.17) is 4.74 Å². The summed E-state index contributed by atoms with van der Waals surface area (Å²) in [6.45, 7) is 11.9. The standard InChI is InChI=1S/C12H22O4Si2/c1-17(2,3)9-7-8(12(15)18(4,5)6)16-11(14)10(9)13/h8-9H,7H2,1-6H3. The first-order valence-electron chi connectivity index (χ1n) is 6.23. The lowest BCUT2D eigenvalue weighted by Gasteiger charge is -2.35. The van der Waals surface area contributed by atoms with E-state index in [2.05, 4.69) is 0 Å². The molecule has 6 heteroatoms. The first kappa shape index (κ1) is 15.3. The van der Waals surface area contributed by atoms with Gasteiger partial charge in [-0.15, -0.1) is 0 Å². The molecule has 1 aliphatic heterocycles. The quantitative estimate of drug-likeness (QED) is 0.452. The maximum Gasteiger partial charge on any atom is 0.375 e. The molecular formula is C12H22O4Si2. The summed E-state index contributed by atoms with van der Waals surface area (Å²) >= 11 is 0. The highest BCUT2D eigenvalue weighted by atomic mass is 28.3. The Morgan fingerprint density at radius 3 is 2.00 bits per heavy atom. The average molecular weight is 286 g/mol. The summed E-state index contributed by atoms with van der Waals surface area (Å²) in [7, 11) is -3.80. The summed E-state index contributed by atoms with van der Waals surface area (Å²) in [6, 6.07) is 0. The highest BCUT2D eigenvalue weighted by molar-refractivity contribution is 7.04. The molecule has 0 N–H and O–H groups in total. The minimum absolute atomic E-state index is 0.0339. The maximum absolute atomic E-state index is 12.2. The topological polar surface area (TPSA) is 60.4 Å². The Labute approximate surface area is 110 Å². The van der Waals surface area contributed by atoms with Gasteiger partial charge in [-0.2, -0.15) is 0 Å². The molecule has 0 aromatic rings. The molecule has 4 nitrogen and oxygen atoms in total. The second-order valence-electron chi connectivity index (χ2n) is 7.03. The lowest BCUT2D eigenvalue weighted by Crippen LogP contribution is -2.52. The summed E-state index contributed by atoms with van der Waals surface area (Å²) in [6.07, 6.45) is -0.303. The van der Waals surface area contributed by atoms with E-state index in [0.717, 1.165) is 0 Å². The van der Waals surface area contributed by atoms with E-state index in [1.165, 1.54) is 0 Å². The van der Waals surface area contributed by atoms with Crippen molar-refractivity contribution in [1.29, 1.82) is 0 Å². The van der Waals surface area contributed by atoms with E-state index >= 15 is 0 Å². The Balaban J connectivity index is 2.98. The molecule has 1 heterocycles. The van der Waals surface area contributed by atoms with Crippen LogP contribution in [0.2, 0.25) is 44.8 Å². The van der Waals surface area contributed by atoms with Crippen LogP contribution < -0.4 is 0 Å². The van der Waals surface area contributed by atoms with Crippen molar-refractivity contribution in [2.24, 2.45) is 0 Å². The Hall–Kier alpha value is -0.756. The molecule has 18 heavy (non-hydrogen) atoms. The molecule has 1 aliphatic rings. The fraction of sp³-hybridized carbons (Fsp3) is 0.750. The van der Waals surface area contributed by atoms with E-state index in [9.17, 15) is 14.4 Å². The number of hydrogen-bond acceptors (Lipinski definition) is 4. The van der Waals surface area contributed by atoms with Gasteiger partial charge in [0.2, 0.25) is 5.78 Å². The zero-order valence-electron chi connectivity index (χ0n) is 12.0. The third-order valence-corrected chi connectivity index (χ3v) is 7.68. The van der Waals surface area contributed by atoms with Gasteiger partial charge in [-0.25, -0.2) is 4.79 Å². The summed E-state index contributed by atoms with van der Waals surface area (Å²) in [5.74, 6) is -1.25. The third kappa shape index (κ3) is 3.17. The number of esters is 1. The van der Waals surface area contributed by atoms with Crippen LogP contribution in [0, 0.1) is 0 Å². The molecule has 1 fully saturated rings. The lowest BCUT2D eigenvalue weighted by atomic mass is 10.1. The van der Waals surface area contributed by atoms with Crippen LogP contribution >= 0.6 is 0 Å². The molecule has 2 atom stereocenters. The Morgan fingerprint density at radius 1 is 1.11 bits per heavy atom. The second kappa shape index (κ2) is 4.73. The van der Waals surface area contributed by atoms with Crippen LogP contribution in [0.1, 0.15) is 6.42 Å². The molecule has 0 bridgehead atoms. The minimum atomic E-state index is -2.00. The molecule has 0 aromatic heterocycles. The van der Waals surface area contributed by atoms with Crippen molar-refractivity contribution in [3.8, 4) is 0 Å². The molecule has 0 aliphatic carbocycles. The predicted molar refractivity (Wildman–Crippen MR) is 75.0 cm³/mol. The van der Waals surface area contributed by atoms with Crippen LogP contribution in [-0.2, 0) is 19.1 Å². The Kier molecular flexibility index (Phi) is 4.02. The first-order valence-corrected chi connectivity index (χ1v) is 13.3. The van der Waals surface area contributed by atoms with Gasteiger partial charge in [-0.3, -0.25) is 4.79 Å². The number of ether oxygens (including phenoxy) is 1. The fourth-order valence-electron chi connectivity index (χ4n) is 2.09. The molecule has 0 saturated carbocycles. The number of rotatable bonds is 3. The van der Waals surface area contributed by atoms with Gasteiger partial charge < -0.3 is 9.53 Å². The smallest absolute Gasteiger partial charge is 0.375 e.